The minimum atomic E-state index is -0.638. The summed E-state index contributed by atoms with van der Waals surface area (Å²) in [7, 11) is 0. The van der Waals surface area contributed by atoms with Gasteiger partial charge in [-0.05, 0) is 0 Å². The van der Waals surface area contributed by atoms with Crippen molar-refractivity contribution in [2.75, 3.05) is 0 Å². The molecule has 0 aliphatic rings. The van der Waals surface area contributed by atoms with Crippen LogP contribution in [-0.2, 0) is 29.1 Å². The van der Waals surface area contributed by atoms with Gasteiger partial charge < -0.3 is 0 Å². The molecule has 0 aromatic heterocycles. The highest BCUT2D eigenvalue weighted by atomic mass is 17.3. The maximum atomic E-state index is 10.2. The highest BCUT2D eigenvalue weighted by molar-refractivity contribution is 5.65. The summed E-state index contributed by atoms with van der Waals surface area (Å²) in [4.78, 5) is 36.9. The Morgan fingerprint density at radius 3 is 1.33 bits per heavy atom. The van der Waals surface area contributed by atoms with Gasteiger partial charge in [0.1, 0.15) is 0 Å². The summed E-state index contributed by atoms with van der Waals surface area (Å²) < 4.78 is 0. The predicted octanol–water partition coefficient (Wildman–Crippen LogP) is 0.485. The van der Waals surface area contributed by atoms with Crippen molar-refractivity contribution in [3.63, 3.8) is 0 Å². The zero-order chi connectivity index (χ0) is 9.56. The normalized spacial score (nSPS) is 9.67. The third-order valence-electron chi connectivity index (χ3n) is 0.553. The molecule has 69 valence electrons. The second kappa shape index (κ2) is 5.50. The molecule has 0 unspecified atom stereocenters. The highest BCUT2D eigenvalue weighted by Crippen LogP contribution is 2.04. The van der Waals surface area contributed by atoms with Gasteiger partial charge >= 0.3 is 18.2 Å². The van der Waals surface area contributed by atoms with Crippen LogP contribution in [0, 0.1) is 6.29 Å². The van der Waals surface area contributed by atoms with Crippen LogP contribution in [-0.4, -0.2) is 11.9 Å². The van der Waals surface area contributed by atoms with E-state index in [2.05, 4.69) is 19.6 Å². The first kappa shape index (κ1) is 10.9. The Balaban J connectivity index is 3.39. The van der Waals surface area contributed by atoms with E-state index in [1.165, 1.54) is 6.92 Å². The first-order valence-corrected chi connectivity index (χ1v) is 3.06. The lowest BCUT2D eigenvalue weighted by atomic mass is 10.8. The van der Waals surface area contributed by atoms with Gasteiger partial charge in [0.15, 0.2) is 0 Å². The van der Waals surface area contributed by atoms with Gasteiger partial charge in [0, 0.05) is 20.8 Å². The Kier molecular flexibility index (Phi) is 4.98. The summed E-state index contributed by atoms with van der Waals surface area (Å²) >= 11 is 0. The maximum Gasteiger partial charge on any atom is 0.339 e. The van der Waals surface area contributed by atoms with E-state index in [9.17, 15) is 9.59 Å². The monoisotopic (exact) mass is 177 g/mol. The van der Waals surface area contributed by atoms with E-state index in [1.807, 2.05) is 0 Å². The lowest BCUT2D eigenvalue weighted by molar-refractivity contribution is -0.371. The molecule has 1 radical (unpaired) electrons. The van der Waals surface area contributed by atoms with Crippen LogP contribution in [0.1, 0.15) is 20.8 Å². The van der Waals surface area contributed by atoms with Gasteiger partial charge in [0.25, 0.3) is 0 Å². The largest absolute Gasteiger partial charge is 0.339 e. The number of hydrogen-bond donors (Lipinski definition) is 0. The van der Waals surface area contributed by atoms with Crippen LogP contribution >= 0.6 is 0 Å². The summed E-state index contributed by atoms with van der Waals surface area (Å²) in [6.07, 6.45) is -0.194. The van der Waals surface area contributed by atoms with Gasteiger partial charge in [-0.25, -0.2) is 9.59 Å². The minimum absolute atomic E-state index is 0.194. The Morgan fingerprint density at radius 2 is 1.08 bits per heavy atom. The summed E-state index contributed by atoms with van der Waals surface area (Å²) in [6.45, 7) is 3.62. The van der Waals surface area contributed by atoms with E-state index in [-0.39, 0.29) is 6.29 Å². The van der Waals surface area contributed by atoms with Crippen LogP contribution in [0.15, 0.2) is 0 Å². The molecule has 0 saturated heterocycles. The van der Waals surface area contributed by atoms with E-state index in [0.29, 0.717) is 0 Å². The Labute approximate surface area is 69.2 Å². The van der Waals surface area contributed by atoms with Gasteiger partial charge in [-0.3, -0.25) is 9.78 Å². The smallest absolute Gasteiger partial charge is 0.295 e. The molecule has 12 heavy (non-hydrogen) atoms. The second-order valence-electron chi connectivity index (χ2n) is 1.81. The number of hydrogen-bond acceptors (Lipinski definition) is 6. The quantitative estimate of drug-likeness (QED) is 0.459. The molecule has 0 amide bonds. The van der Waals surface area contributed by atoms with Crippen LogP contribution in [0.25, 0.3) is 0 Å². The fraction of sp³-hybridized carbons (Fsp3) is 0.500. The van der Waals surface area contributed by atoms with E-state index in [0.717, 1.165) is 13.8 Å². The summed E-state index contributed by atoms with van der Waals surface area (Å²) in [6, 6.07) is 0. The number of carbonyl (C=O) groups is 2. The average molecular weight is 177 g/mol. The van der Waals surface area contributed by atoms with Crippen molar-refractivity contribution in [3.05, 3.63) is 6.29 Å². The molecule has 6 heteroatoms. The van der Waals surface area contributed by atoms with Gasteiger partial charge in [0.05, 0.1) is 0 Å². The molecule has 0 rings (SSSR count). The van der Waals surface area contributed by atoms with Crippen molar-refractivity contribution in [1.29, 1.82) is 0 Å². The fourth-order valence-corrected chi connectivity index (χ4v) is 0.249. The first-order valence-electron chi connectivity index (χ1n) is 3.06. The van der Waals surface area contributed by atoms with Crippen molar-refractivity contribution in [1.82, 2.24) is 0 Å². The minimum Gasteiger partial charge on any atom is -0.295 e. The van der Waals surface area contributed by atoms with E-state index < -0.39 is 11.9 Å². The molecule has 0 aromatic rings. The SMILES string of the molecule is C[C](OOC(C)=O)OOC(C)=O. The van der Waals surface area contributed by atoms with Gasteiger partial charge in [-0.2, -0.15) is 0 Å². The summed E-state index contributed by atoms with van der Waals surface area (Å²) in [5.41, 5.74) is 0. The Hall–Kier alpha value is -1.14. The van der Waals surface area contributed by atoms with Crippen molar-refractivity contribution in [2.45, 2.75) is 20.8 Å². The van der Waals surface area contributed by atoms with E-state index in [4.69, 9.17) is 0 Å². The average Bonchev–Trinajstić information content (AvgIpc) is 1.96. The molecule has 0 aromatic carbocycles. The fourth-order valence-electron chi connectivity index (χ4n) is 0.249. The predicted molar refractivity (Wildman–Crippen MR) is 34.6 cm³/mol. The van der Waals surface area contributed by atoms with Gasteiger partial charge in [-0.1, -0.05) is 0 Å². The Morgan fingerprint density at radius 1 is 0.750 bits per heavy atom. The van der Waals surface area contributed by atoms with Crippen molar-refractivity contribution >= 4 is 11.9 Å². The summed E-state index contributed by atoms with van der Waals surface area (Å²) in [5, 5.41) is 0. The maximum absolute atomic E-state index is 10.2. The first-order chi connectivity index (χ1) is 5.52. The number of rotatable bonds is 4. The highest BCUT2D eigenvalue weighted by Gasteiger charge is 2.10. The van der Waals surface area contributed by atoms with Crippen molar-refractivity contribution in [3.8, 4) is 0 Å². The molecule has 0 heterocycles. The van der Waals surface area contributed by atoms with Crippen molar-refractivity contribution in [2.24, 2.45) is 0 Å². The number of carbonyl (C=O) groups excluding carboxylic acids is 2. The molecule has 0 saturated carbocycles. The zero-order valence-electron chi connectivity index (χ0n) is 6.95. The zero-order valence-corrected chi connectivity index (χ0v) is 6.95. The topological polar surface area (TPSA) is 71.1 Å². The summed E-state index contributed by atoms with van der Waals surface area (Å²) in [5.74, 6) is -1.28. The molecule has 0 spiro atoms. The molecule has 6 nitrogen and oxygen atoms in total. The molecule has 0 aliphatic heterocycles. The lowest BCUT2D eigenvalue weighted by Gasteiger charge is -2.06. The third-order valence-corrected chi connectivity index (χ3v) is 0.553. The lowest BCUT2D eigenvalue weighted by Crippen LogP contribution is -2.10. The van der Waals surface area contributed by atoms with Crippen LogP contribution in [0.3, 0.4) is 0 Å². The van der Waals surface area contributed by atoms with Crippen LogP contribution < -0.4 is 0 Å². The Bertz CT molecular complexity index is 147. The third kappa shape index (κ3) is 6.97. The van der Waals surface area contributed by atoms with E-state index in [1.54, 1.807) is 0 Å². The van der Waals surface area contributed by atoms with Crippen LogP contribution in [0.2, 0.25) is 0 Å². The van der Waals surface area contributed by atoms with Gasteiger partial charge in [-0.15, -0.1) is 9.78 Å². The molecule has 0 bridgehead atoms. The van der Waals surface area contributed by atoms with Crippen molar-refractivity contribution < 1.29 is 29.1 Å². The molecule has 0 aliphatic carbocycles. The molecular formula is C6H9O6. The molecule has 0 fully saturated rings. The second-order valence-corrected chi connectivity index (χ2v) is 1.81. The van der Waals surface area contributed by atoms with Crippen LogP contribution in [0.4, 0.5) is 0 Å². The molecule has 0 atom stereocenters. The van der Waals surface area contributed by atoms with E-state index >= 15 is 0 Å². The molecule has 0 N–H and O–H groups in total. The standard InChI is InChI=1S/C6H9O6/c1-4(7)9-11-6(3)12-10-5(2)8/h1-3H3. The van der Waals surface area contributed by atoms with Gasteiger partial charge in [0.2, 0.25) is 0 Å². The molecular weight excluding hydrogens is 168 g/mol. The van der Waals surface area contributed by atoms with Crippen LogP contribution in [0.5, 0.6) is 0 Å².